The van der Waals surface area contributed by atoms with Crippen LogP contribution in [0.15, 0.2) is 29.2 Å². The fourth-order valence-electron chi connectivity index (χ4n) is 3.10. The summed E-state index contributed by atoms with van der Waals surface area (Å²) in [5.41, 5.74) is 0.988. The van der Waals surface area contributed by atoms with Crippen LogP contribution in [0.5, 0.6) is 0 Å². The van der Waals surface area contributed by atoms with Gasteiger partial charge in [0, 0.05) is 12.5 Å². The van der Waals surface area contributed by atoms with Crippen molar-refractivity contribution in [3.05, 3.63) is 34.8 Å². The van der Waals surface area contributed by atoms with Crippen molar-refractivity contribution in [2.24, 2.45) is 0 Å². The molecule has 1 saturated carbocycles. The molecule has 7 nitrogen and oxygen atoms in total. The molecule has 2 aromatic rings. The topological polar surface area (TPSA) is 92.3 Å². The van der Waals surface area contributed by atoms with Crippen LogP contribution in [0.25, 0.3) is 0 Å². The van der Waals surface area contributed by atoms with E-state index < -0.39 is 16.1 Å². The Labute approximate surface area is 156 Å². The standard InChI is InChI=1S/C17H20N4O3S2/c1-11-4-8-13(9-5-11)26(23,24)21-10-2-3-14(21)15(22)18-17-20-19-16(25-17)12-6-7-12/h4-5,8-9,12,14H,2-3,6-7,10H2,1H3,(H,18,20,22). The Morgan fingerprint density at radius 2 is 1.92 bits per heavy atom. The molecular formula is C17H20N4O3S2. The maximum absolute atomic E-state index is 12.9. The van der Waals surface area contributed by atoms with Crippen LogP contribution in [-0.2, 0) is 14.8 Å². The minimum absolute atomic E-state index is 0.217. The highest BCUT2D eigenvalue weighted by atomic mass is 32.2. The fraction of sp³-hybridized carbons (Fsp3) is 0.471. The molecule has 0 bridgehead atoms. The van der Waals surface area contributed by atoms with Crippen molar-refractivity contribution in [3.8, 4) is 0 Å². The summed E-state index contributed by atoms with van der Waals surface area (Å²) in [6.45, 7) is 2.25. The molecule has 1 atom stereocenters. The molecule has 1 aliphatic carbocycles. The lowest BCUT2D eigenvalue weighted by atomic mass is 10.2. The summed E-state index contributed by atoms with van der Waals surface area (Å²) in [6, 6.07) is 5.99. The van der Waals surface area contributed by atoms with E-state index in [0.29, 0.717) is 30.4 Å². The number of aromatic nitrogens is 2. The molecule has 26 heavy (non-hydrogen) atoms. The van der Waals surface area contributed by atoms with Gasteiger partial charge < -0.3 is 0 Å². The highest BCUT2D eigenvalue weighted by Gasteiger charge is 2.39. The van der Waals surface area contributed by atoms with Crippen LogP contribution >= 0.6 is 11.3 Å². The van der Waals surface area contributed by atoms with Crippen molar-refractivity contribution < 1.29 is 13.2 Å². The Kier molecular flexibility index (Phi) is 4.54. The van der Waals surface area contributed by atoms with E-state index in [1.54, 1.807) is 24.3 Å². The number of nitrogens with zero attached hydrogens (tertiary/aromatic N) is 3. The van der Waals surface area contributed by atoms with Crippen molar-refractivity contribution in [3.63, 3.8) is 0 Å². The predicted octanol–water partition coefficient (Wildman–Crippen LogP) is 2.52. The lowest BCUT2D eigenvalue weighted by molar-refractivity contribution is -0.119. The largest absolute Gasteiger partial charge is 0.299 e. The molecule has 1 N–H and O–H groups in total. The molecular weight excluding hydrogens is 372 g/mol. The molecule has 1 unspecified atom stereocenters. The summed E-state index contributed by atoms with van der Waals surface area (Å²) < 4.78 is 27.2. The number of carbonyl (C=O) groups excluding carboxylic acids is 1. The smallest absolute Gasteiger partial charge is 0.244 e. The molecule has 1 saturated heterocycles. The minimum atomic E-state index is -3.70. The van der Waals surface area contributed by atoms with E-state index in [0.717, 1.165) is 23.4 Å². The van der Waals surface area contributed by atoms with Crippen LogP contribution in [0.2, 0.25) is 0 Å². The third-order valence-corrected chi connectivity index (χ3v) is 7.65. The summed E-state index contributed by atoms with van der Waals surface area (Å²) in [5.74, 6) is 0.139. The maximum atomic E-state index is 12.9. The van der Waals surface area contributed by atoms with E-state index in [9.17, 15) is 13.2 Å². The molecule has 2 aliphatic rings. The Morgan fingerprint density at radius 1 is 1.19 bits per heavy atom. The number of benzene rings is 1. The van der Waals surface area contributed by atoms with Gasteiger partial charge in [0.1, 0.15) is 11.0 Å². The second kappa shape index (κ2) is 6.71. The van der Waals surface area contributed by atoms with Gasteiger partial charge in [0.2, 0.25) is 21.1 Å². The van der Waals surface area contributed by atoms with E-state index in [4.69, 9.17) is 0 Å². The van der Waals surface area contributed by atoms with Gasteiger partial charge in [-0.1, -0.05) is 29.0 Å². The van der Waals surface area contributed by atoms with Crippen molar-refractivity contribution >= 4 is 32.4 Å². The number of anilines is 1. The normalized spacial score (nSPS) is 21.0. The van der Waals surface area contributed by atoms with Crippen LogP contribution in [-0.4, -0.2) is 41.4 Å². The second-order valence-electron chi connectivity index (χ2n) is 6.80. The zero-order valence-corrected chi connectivity index (χ0v) is 16.0. The fourth-order valence-corrected chi connectivity index (χ4v) is 5.68. The van der Waals surface area contributed by atoms with Gasteiger partial charge >= 0.3 is 0 Å². The molecule has 2 heterocycles. The first-order chi connectivity index (χ1) is 12.4. The Morgan fingerprint density at radius 3 is 2.62 bits per heavy atom. The molecule has 0 spiro atoms. The summed E-state index contributed by atoms with van der Waals surface area (Å²) in [6.07, 6.45) is 3.40. The number of carbonyl (C=O) groups is 1. The molecule has 138 valence electrons. The van der Waals surface area contributed by atoms with Crippen molar-refractivity contribution in [1.29, 1.82) is 0 Å². The summed E-state index contributed by atoms with van der Waals surface area (Å²) in [5, 5.41) is 12.2. The second-order valence-corrected chi connectivity index (χ2v) is 9.70. The molecule has 9 heteroatoms. The number of nitrogens with one attached hydrogen (secondary N) is 1. The molecule has 1 aromatic carbocycles. The van der Waals surface area contributed by atoms with Gasteiger partial charge in [-0.15, -0.1) is 10.2 Å². The molecule has 0 radical (unpaired) electrons. The van der Waals surface area contributed by atoms with E-state index in [1.807, 2.05) is 6.92 Å². The number of hydrogen-bond donors (Lipinski definition) is 1. The highest BCUT2D eigenvalue weighted by molar-refractivity contribution is 7.89. The lowest BCUT2D eigenvalue weighted by Gasteiger charge is -2.23. The minimum Gasteiger partial charge on any atom is -0.299 e. The number of aryl methyl sites for hydroxylation is 1. The summed E-state index contributed by atoms with van der Waals surface area (Å²) in [7, 11) is -3.70. The van der Waals surface area contributed by atoms with Gasteiger partial charge in [0.05, 0.1) is 4.90 Å². The average Bonchev–Trinajstić information content (AvgIpc) is 3.15. The van der Waals surface area contributed by atoms with Gasteiger partial charge in [-0.3, -0.25) is 10.1 Å². The van der Waals surface area contributed by atoms with E-state index in [1.165, 1.54) is 15.6 Å². The first-order valence-corrected chi connectivity index (χ1v) is 10.9. The van der Waals surface area contributed by atoms with Gasteiger partial charge in [-0.25, -0.2) is 8.42 Å². The van der Waals surface area contributed by atoms with Crippen molar-refractivity contribution in [2.45, 2.75) is 49.5 Å². The first kappa shape index (κ1) is 17.6. The van der Waals surface area contributed by atoms with Crippen molar-refractivity contribution in [2.75, 3.05) is 11.9 Å². The maximum Gasteiger partial charge on any atom is 0.244 e. The SMILES string of the molecule is Cc1ccc(S(=O)(=O)N2CCCC2C(=O)Nc2nnc(C3CC3)s2)cc1. The van der Waals surface area contributed by atoms with Gasteiger partial charge in [-0.2, -0.15) is 4.31 Å². The van der Waals surface area contributed by atoms with Crippen LogP contribution in [0.3, 0.4) is 0 Å². The quantitative estimate of drug-likeness (QED) is 0.844. The van der Waals surface area contributed by atoms with E-state index in [2.05, 4.69) is 15.5 Å². The van der Waals surface area contributed by atoms with Gasteiger partial charge in [0.25, 0.3) is 0 Å². The molecule has 1 amide bonds. The van der Waals surface area contributed by atoms with Crippen molar-refractivity contribution in [1.82, 2.24) is 14.5 Å². The van der Waals surface area contributed by atoms with Crippen LogP contribution in [0.4, 0.5) is 5.13 Å². The zero-order chi connectivity index (χ0) is 18.3. The Bertz CT molecular complexity index is 920. The number of rotatable bonds is 5. The third-order valence-electron chi connectivity index (χ3n) is 4.73. The average molecular weight is 393 g/mol. The molecule has 4 rings (SSSR count). The van der Waals surface area contributed by atoms with Gasteiger partial charge in [0.15, 0.2) is 0 Å². The van der Waals surface area contributed by atoms with E-state index >= 15 is 0 Å². The Balaban J connectivity index is 1.51. The van der Waals surface area contributed by atoms with E-state index in [-0.39, 0.29) is 10.8 Å². The predicted molar refractivity (Wildman–Crippen MR) is 98.6 cm³/mol. The van der Waals surface area contributed by atoms with Crippen LogP contribution < -0.4 is 5.32 Å². The number of hydrogen-bond acceptors (Lipinski definition) is 6. The number of sulfonamides is 1. The van der Waals surface area contributed by atoms with Gasteiger partial charge in [-0.05, 0) is 44.7 Å². The summed E-state index contributed by atoms with van der Waals surface area (Å²) >= 11 is 1.38. The molecule has 2 fully saturated rings. The molecule has 1 aliphatic heterocycles. The third kappa shape index (κ3) is 3.38. The van der Waals surface area contributed by atoms with Crippen LogP contribution in [0.1, 0.15) is 42.2 Å². The monoisotopic (exact) mass is 392 g/mol. The highest BCUT2D eigenvalue weighted by Crippen LogP contribution is 2.42. The first-order valence-electron chi connectivity index (χ1n) is 8.68. The number of amides is 1. The zero-order valence-electron chi connectivity index (χ0n) is 14.4. The Hall–Kier alpha value is -1.84. The lowest BCUT2D eigenvalue weighted by Crippen LogP contribution is -2.43. The molecule has 1 aromatic heterocycles. The van der Waals surface area contributed by atoms with Crippen LogP contribution in [0, 0.1) is 6.92 Å². The summed E-state index contributed by atoms with van der Waals surface area (Å²) in [4.78, 5) is 12.9.